The Bertz CT molecular complexity index is 536. The van der Waals surface area contributed by atoms with Gasteiger partial charge in [-0.25, -0.2) is 0 Å². The highest BCUT2D eigenvalue weighted by molar-refractivity contribution is 5.20. The van der Waals surface area contributed by atoms with Gasteiger partial charge in [0.05, 0.1) is 0 Å². The standard InChI is InChI=1S/C23H34N2/c1-3-7-20(8-4-1)19-24-15-17-25(18-16-24)23-13-11-22(12-14-23)21-9-5-2-6-10-21/h1-3,5-6,9-10,20,22-23H,4,7-8,11-19H2/t20-,22?,23?/m0/s1. The van der Waals surface area contributed by atoms with Crippen molar-refractivity contribution in [2.75, 3.05) is 32.7 Å². The van der Waals surface area contributed by atoms with Crippen LogP contribution in [0.5, 0.6) is 0 Å². The van der Waals surface area contributed by atoms with E-state index in [1.807, 2.05) is 0 Å². The van der Waals surface area contributed by atoms with Gasteiger partial charge in [0.25, 0.3) is 0 Å². The fourth-order valence-electron chi connectivity index (χ4n) is 5.20. The highest BCUT2D eigenvalue weighted by atomic mass is 15.3. The summed E-state index contributed by atoms with van der Waals surface area (Å²) in [5.41, 5.74) is 1.56. The van der Waals surface area contributed by atoms with Crippen LogP contribution in [0.3, 0.4) is 0 Å². The van der Waals surface area contributed by atoms with Crippen molar-refractivity contribution in [3.05, 3.63) is 48.0 Å². The molecule has 1 aromatic carbocycles. The van der Waals surface area contributed by atoms with Gasteiger partial charge in [-0.15, -0.1) is 0 Å². The molecule has 0 amide bonds. The van der Waals surface area contributed by atoms with Crippen LogP contribution < -0.4 is 0 Å². The zero-order valence-electron chi connectivity index (χ0n) is 15.7. The summed E-state index contributed by atoms with van der Waals surface area (Å²) in [6.45, 7) is 6.50. The zero-order valence-corrected chi connectivity index (χ0v) is 15.7. The molecule has 2 nitrogen and oxygen atoms in total. The van der Waals surface area contributed by atoms with Crippen molar-refractivity contribution in [1.29, 1.82) is 0 Å². The molecule has 2 aliphatic carbocycles. The van der Waals surface area contributed by atoms with Crippen LogP contribution >= 0.6 is 0 Å². The van der Waals surface area contributed by atoms with E-state index in [0.717, 1.165) is 17.9 Å². The predicted molar refractivity (Wildman–Crippen MR) is 106 cm³/mol. The van der Waals surface area contributed by atoms with Gasteiger partial charge in [-0.2, -0.15) is 0 Å². The molecule has 25 heavy (non-hydrogen) atoms. The minimum atomic E-state index is 0.804. The maximum absolute atomic E-state index is 2.80. The lowest BCUT2D eigenvalue weighted by Crippen LogP contribution is -2.51. The minimum Gasteiger partial charge on any atom is -0.301 e. The lowest BCUT2D eigenvalue weighted by Gasteiger charge is -2.43. The fourth-order valence-corrected chi connectivity index (χ4v) is 5.20. The number of hydrogen-bond donors (Lipinski definition) is 0. The first kappa shape index (κ1) is 17.3. The normalized spacial score (nSPS) is 31.9. The van der Waals surface area contributed by atoms with Crippen LogP contribution in [0.1, 0.15) is 56.4 Å². The number of allylic oxidation sites excluding steroid dienone is 2. The zero-order chi connectivity index (χ0) is 16.9. The van der Waals surface area contributed by atoms with Crippen molar-refractivity contribution in [3.63, 3.8) is 0 Å². The van der Waals surface area contributed by atoms with Gasteiger partial charge in [-0.05, 0) is 62.3 Å². The van der Waals surface area contributed by atoms with Crippen molar-refractivity contribution in [2.45, 2.75) is 56.9 Å². The average Bonchev–Trinajstić information content (AvgIpc) is 2.70. The number of rotatable bonds is 4. The molecule has 0 radical (unpaired) electrons. The maximum atomic E-state index is 2.80. The second-order valence-corrected chi connectivity index (χ2v) is 8.40. The fraction of sp³-hybridized carbons (Fsp3) is 0.652. The average molecular weight is 339 g/mol. The molecule has 136 valence electrons. The van der Waals surface area contributed by atoms with E-state index in [-0.39, 0.29) is 0 Å². The van der Waals surface area contributed by atoms with Gasteiger partial charge in [-0.3, -0.25) is 4.90 Å². The topological polar surface area (TPSA) is 6.48 Å². The molecule has 0 aromatic heterocycles. The van der Waals surface area contributed by atoms with Crippen LogP contribution in [0.15, 0.2) is 42.5 Å². The molecular formula is C23H34N2. The Labute approximate surface area is 153 Å². The van der Waals surface area contributed by atoms with Crippen molar-refractivity contribution in [3.8, 4) is 0 Å². The van der Waals surface area contributed by atoms with Crippen LogP contribution in [0, 0.1) is 5.92 Å². The summed E-state index contributed by atoms with van der Waals surface area (Å²) < 4.78 is 0. The number of hydrogen-bond acceptors (Lipinski definition) is 2. The van der Waals surface area contributed by atoms with Gasteiger partial charge < -0.3 is 4.90 Å². The Morgan fingerprint density at radius 3 is 2.24 bits per heavy atom. The Hall–Kier alpha value is -1.12. The van der Waals surface area contributed by atoms with Gasteiger partial charge in [-0.1, -0.05) is 42.5 Å². The third-order valence-corrected chi connectivity index (χ3v) is 6.79. The Kier molecular flexibility index (Phi) is 5.89. The molecular weight excluding hydrogens is 304 g/mol. The summed E-state index contributed by atoms with van der Waals surface area (Å²) >= 11 is 0. The molecule has 0 spiro atoms. The Morgan fingerprint density at radius 1 is 0.800 bits per heavy atom. The van der Waals surface area contributed by atoms with E-state index in [9.17, 15) is 0 Å². The molecule has 2 heteroatoms. The van der Waals surface area contributed by atoms with Crippen LogP contribution in [0.2, 0.25) is 0 Å². The first-order valence-electron chi connectivity index (χ1n) is 10.5. The van der Waals surface area contributed by atoms with Crippen LogP contribution in [0.4, 0.5) is 0 Å². The summed E-state index contributed by atoms with van der Waals surface area (Å²) in [5, 5.41) is 0. The summed E-state index contributed by atoms with van der Waals surface area (Å²) in [6, 6.07) is 12.0. The molecule has 1 heterocycles. The number of nitrogens with zero attached hydrogens (tertiary/aromatic N) is 2. The lowest BCUT2D eigenvalue weighted by atomic mass is 9.81. The first-order chi connectivity index (χ1) is 12.4. The second-order valence-electron chi connectivity index (χ2n) is 8.40. The van der Waals surface area contributed by atoms with Crippen molar-refractivity contribution in [2.24, 2.45) is 5.92 Å². The van der Waals surface area contributed by atoms with E-state index < -0.39 is 0 Å². The van der Waals surface area contributed by atoms with E-state index >= 15 is 0 Å². The molecule has 4 rings (SSSR count). The van der Waals surface area contributed by atoms with Crippen molar-refractivity contribution < 1.29 is 0 Å². The molecule has 0 unspecified atom stereocenters. The van der Waals surface area contributed by atoms with Gasteiger partial charge in [0.15, 0.2) is 0 Å². The number of benzene rings is 1. The smallest absolute Gasteiger partial charge is 0.0113 e. The van der Waals surface area contributed by atoms with Gasteiger partial charge >= 0.3 is 0 Å². The minimum absolute atomic E-state index is 0.804. The lowest BCUT2D eigenvalue weighted by molar-refractivity contribution is 0.0675. The van der Waals surface area contributed by atoms with Gasteiger partial charge in [0.2, 0.25) is 0 Å². The molecule has 1 aromatic rings. The molecule has 0 bridgehead atoms. The molecule has 0 N–H and O–H groups in total. The van der Waals surface area contributed by atoms with Crippen LogP contribution in [-0.4, -0.2) is 48.6 Å². The van der Waals surface area contributed by atoms with E-state index in [2.05, 4.69) is 52.3 Å². The van der Waals surface area contributed by atoms with E-state index in [4.69, 9.17) is 0 Å². The van der Waals surface area contributed by atoms with Crippen molar-refractivity contribution >= 4 is 0 Å². The molecule has 1 atom stereocenters. The third kappa shape index (κ3) is 4.54. The summed E-state index contributed by atoms with van der Waals surface area (Å²) in [5.74, 6) is 1.72. The van der Waals surface area contributed by atoms with Crippen molar-refractivity contribution in [1.82, 2.24) is 9.80 Å². The molecule has 2 fully saturated rings. The molecule has 1 aliphatic heterocycles. The SMILES string of the molecule is C1=CC[C@H](CN2CCN(C3CCC(c4ccccc4)CC3)CC2)CC1. The Morgan fingerprint density at radius 2 is 1.56 bits per heavy atom. The molecule has 1 saturated heterocycles. The van der Waals surface area contributed by atoms with E-state index in [0.29, 0.717) is 0 Å². The van der Waals surface area contributed by atoms with Crippen LogP contribution in [0.25, 0.3) is 0 Å². The van der Waals surface area contributed by atoms with E-state index in [1.165, 1.54) is 77.7 Å². The van der Waals surface area contributed by atoms with Gasteiger partial charge in [0, 0.05) is 38.8 Å². The highest BCUT2D eigenvalue weighted by Crippen LogP contribution is 2.35. The molecule has 1 saturated carbocycles. The monoisotopic (exact) mass is 338 g/mol. The predicted octanol–water partition coefficient (Wildman–Crippen LogP) is 4.69. The van der Waals surface area contributed by atoms with Gasteiger partial charge in [0.1, 0.15) is 0 Å². The number of piperazine rings is 1. The molecule has 3 aliphatic rings. The summed E-state index contributed by atoms with van der Waals surface area (Å²) in [4.78, 5) is 5.54. The van der Waals surface area contributed by atoms with E-state index in [1.54, 1.807) is 5.56 Å². The summed E-state index contributed by atoms with van der Waals surface area (Å²) in [7, 11) is 0. The quantitative estimate of drug-likeness (QED) is 0.735. The third-order valence-electron chi connectivity index (χ3n) is 6.79. The van der Waals surface area contributed by atoms with Crippen LogP contribution in [-0.2, 0) is 0 Å². The summed E-state index contributed by atoms with van der Waals surface area (Å²) in [6.07, 6.45) is 14.3. The second kappa shape index (κ2) is 8.51. The highest BCUT2D eigenvalue weighted by Gasteiger charge is 2.29. The maximum Gasteiger partial charge on any atom is 0.0113 e. The first-order valence-corrected chi connectivity index (χ1v) is 10.5. The Balaban J connectivity index is 1.20. The largest absolute Gasteiger partial charge is 0.301 e.